The van der Waals surface area contributed by atoms with Crippen LogP contribution in [0.4, 0.5) is 8.78 Å². The highest BCUT2D eigenvalue weighted by molar-refractivity contribution is 7.92. The summed E-state index contributed by atoms with van der Waals surface area (Å²) in [5, 5.41) is 25.1. The summed E-state index contributed by atoms with van der Waals surface area (Å²) in [6, 6.07) is 8.21. The van der Waals surface area contributed by atoms with E-state index in [9.17, 15) is 31.9 Å². The van der Waals surface area contributed by atoms with Crippen molar-refractivity contribution in [3.8, 4) is 0 Å². The predicted octanol–water partition coefficient (Wildman–Crippen LogP) is 3.61. The van der Waals surface area contributed by atoms with E-state index in [0.29, 0.717) is 32.2 Å². The third kappa shape index (κ3) is 11.3. The maximum Gasteiger partial charge on any atom is 0.255 e. The number of rotatable bonds is 19. The molecule has 0 fully saturated rings. The van der Waals surface area contributed by atoms with Gasteiger partial charge in [0.25, 0.3) is 5.91 Å². The maximum atomic E-state index is 14.1. The van der Waals surface area contributed by atoms with Crippen molar-refractivity contribution in [1.29, 1.82) is 0 Å². The van der Waals surface area contributed by atoms with Crippen LogP contribution in [0.2, 0.25) is 0 Å². The van der Waals surface area contributed by atoms with Crippen LogP contribution in [0.25, 0.3) is 0 Å². The smallest absolute Gasteiger partial charge is 0.255 e. The molecule has 13 heteroatoms. The van der Waals surface area contributed by atoms with E-state index in [-0.39, 0.29) is 24.1 Å². The van der Waals surface area contributed by atoms with Crippen LogP contribution in [0, 0.1) is 11.6 Å². The Labute approximate surface area is 269 Å². The fourth-order valence-electron chi connectivity index (χ4n) is 5.33. The molecular weight excluding hydrogens is 616 g/mol. The molecule has 46 heavy (non-hydrogen) atoms. The van der Waals surface area contributed by atoms with Gasteiger partial charge in [-0.25, -0.2) is 17.2 Å². The third-order valence-electron chi connectivity index (χ3n) is 7.76. The van der Waals surface area contributed by atoms with Gasteiger partial charge in [-0.2, -0.15) is 5.10 Å². The number of nitrogens with zero attached hydrogens (tertiary/aromatic N) is 1. The number of aryl methyl sites for hydroxylation is 1. The van der Waals surface area contributed by atoms with Crippen molar-refractivity contribution in [1.82, 2.24) is 26.1 Å². The normalized spacial score (nSPS) is 13.7. The van der Waals surface area contributed by atoms with Crippen molar-refractivity contribution in [2.75, 3.05) is 12.3 Å². The van der Waals surface area contributed by atoms with Gasteiger partial charge in [-0.05, 0) is 54.5 Å². The van der Waals surface area contributed by atoms with Crippen LogP contribution in [-0.2, 0) is 34.0 Å². The average Bonchev–Trinajstić information content (AvgIpc) is 3.55. The average molecular weight is 662 g/mol. The minimum absolute atomic E-state index is 0.00147. The molecule has 0 saturated carbocycles. The molecule has 0 aliphatic heterocycles. The molecule has 5 N–H and O–H groups in total. The van der Waals surface area contributed by atoms with Crippen LogP contribution in [0.1, 0.15) is 73.5 Å². The molecule has 3 aromatic rings. The van der Waals surface area contributed by atoms with Gasteiger partial charge in [0.2, 0.25) is 5.91 Å². The Morgan fingerprint density at radius 1 is 0.957 bits per heavy atom. The van der Waals surface area contributed by atoms with Crippen molar-refractivity contribution in [2.45, 2.75) is 89.3 Å². The number of sulfone groups is 1. The molecule has 0 aliphatic carbocycles. The summed E-state index contributed by atoms with van der Waals surface area (Å²) in [4.78, 5) is 26.7. The lowest BCUT2D eigenvalue weighted by atomic mass is 10.00. The van der Waals surface area contributed by atoms with Crippen LogP contribution < -0.4 is 16.0 Å². The quantitative estimate of drug-likeness (QED) is 0.132. The summed E-state index contributed by atoms with van der Waals surface area (Å²) in [5.41, 5.74) is 2.41. The Morgan fingerprint density at radius 3 is 2.24 bits per heavy atom. The first-order valence-electron chi connectivity index (χ1n) is 15.7. The molecule has 0 spiro atoms. The number of halogens is 2. The molecule has 3 atom stereocenters. The fraction of sp³-hybridized carbons (Fsp3) is 0.485. The largest absolute Gasteiger partial charge is 0.390 e. The van der Waals surface area contributed by atoms with Crippen LogP contribution in [0.5, 0.6) is 0 Å². The molecule has 0 bridgehead atoms. The molecule has 0 radical (unpaired) electrons. The van der Waals surface area contributed by atoms with Gasteiger partial charge in [0, 0.05) is 25.4 Å². The summed E-state index contributed by atoms with van der Waals surface area (Å²) >= 11 is 0. The standard InChI is InChI=1S/C33H45F2N5O5S/c1-4-8-28(9-5-2)46(44,45)21-30(40-32(42)25-18-37-38-19-25)33(43)39-29(15-24-13-26(34)16-27(35)14-24)31(41)20-36-17-23-11-7-10-22(6-3)12-23/h7,10-14,16,18-19,28-31,36,41H,4-6,8-9,15,17,20-21H2,1-3H3,(H,37,38)(H,39,43)(H,40,42)/t29-,30-,31+/m0/s1. The van der Waals surface area contributed by atoms with Gasteiger partial charge >= 0.3 is 0 Å². The van der Waals surface area contributed by atoms with Gasteiger partial charge in [-0.15, -0.1) is 0 Å². The number of aliphatic hydroxyl groups is 1. The number of aromatic amines is 1. The van der Waals surface area contributed by atoms with E-state index >= 15 is 0 Å². The maximum absolute atomic E-state index is 14.1. The number of carbonyl (C=O) groups excluding carboxylic acids is 2. The Bertz CT molecular complexity index is 1490. The first kappa shape index (κ1) is 36.8. The molecule has 0 aliphatic rings. The van der Waals surface area contributed by atoms with Crippen LogP contribution in [0.15, 0.2) is 54.9 Å². The Balaban J connectivity index is 1.86. The van der Waals surface area contributed by atoms with Crippen LogP contribution in [-0.4, -0.2) is 71.3 Å². The highest BCUT2D eigenvalue weighted by Gasteiger charge is 2.34. The Hall–Kier alpha value is -3.68. The van der Waals surface area contributed by atoms with E-state index < -0.39 is 62.5 Å². The number of H-pyrrole nitrogens is 1. The summed E-state index contributed by atoms with van der Waals surface area (Å²) < 4.78 is 55.1. The minimum Gasteiger partial charge on any atom is -0.390 e. The zero-order valence-electron chi connectivity index (χ0n) is 26.6. The second-order valence-electron chi connectivity index (χ2n) is 11.5. The summed E-state index contributed by atoms with van der Waals surface area (Å²) in [5.74, 6) is -3.89. The molecule has 1 heterocycles. The predicted molar refractivity (Wildman–Crippen MR) is 173 cm³/mol. The third-order valence-corrected chi connectivity index (χ3v) is 10.0. The minimum atomic E-state index is -3.86. The number of hydrogen-bond donors (Lipinski definition) is 5. The summed E-state index contributed by atoms with van der Waals surface area (Å²) in [7, 11) is -3.86. The monoisotopic (exact) mass is 661 g/mol. The molecule has 1 aromatic heterocycles. The highest BCUT2D eigenvalue weighted by atomic mass is 32.2. The van der Waals surface area contributed by atoms with Gasteiger partial charge in [0.05, 0.1) is 34.9 Å². The molecule has 2 aromatic carbocycles. The summed E-state index contributed by atoms with van der Waals surface area (Å²) in [6.07, 6.45) is 4.04. The van der Waals surface area contributed by atoms with Crippen molar-refractivity contribution < 1.29 is 31.9 Å². The lowest BCUT2D eigenvalue weighted by Gasteiger charge is -2.28. The van der Waals surface area contributed by atoms with Crippen molar-refractivity contribution >= 4 is 21.7 Å². The number of carbonyl (C=O) groups is 2. The zero-order chi connectivity index (χ0) is 33.7. The van der Waals surface area contributed by atoms with E-state index in [0.717, 1.165) is 35.7 Å². The number of hydrogen-bond acceptors (Lipinski definition) is 7. The van der Waals surface area contributed by atoms with Crippen molar-refractivity contribution in [3.63, 3.8) is 0 Å². The fourth-order valence-corrected chi connectivity index (χ4v) is 7.49. The van der Waals surface area contributed by atoms with E-state index in [4.69, 9.17) is 0 Å². The molecule has 10 nitrogen and oxygen atoms in total. The van der Waals surface area contributed by atoms with E-state index in [2.05, 4.69) is 26.1 Å². The Kier molecular flexibility index (Phi) is 14.3. The first-order chi connectivity index (χ1) is 21.9. The lowest BCUT2D eigenvalue weighted by Crippen LogP contribution is -2.57. The van der Waals surface area contributed by atoms with E-state index in [1.807, 2.05) is 45.0 Å². The number of amides is 2. The molecule has 252 valence electrons. The molecule has 2 amide bonds. The van der Waals surface area contributed by atoms with E-state index in [1.54, 1.807) is 0 Å². The second kappa shape index (κ2) is 17.9. The molecule has 0 unspecified atom stereocenters. The molecule has 3 rings (SSSR count). The first-order valence-corrected chi connectivity index (χ1v) is 17.4. The number of aliphatic hydroxyl groups excluding tert-OH is 1. The number of aromatic nitrogens is 2. The number of nitrogens with one attached hydrogen (secondary N) is 4. The van der Waals surface area contributed by atoms with Crippen LogP contribution >= 0.6 is 0 Å². The van der Waals surface area contributed by atoms with Gasteiger partial charge in [-0.1, -0.05) is 57.9 Å². The highest BCUT2D eigenvalue weighted by Crippen LogP contribution is 2.18. The zero-order valence-corrected chi connectivity index (χ0v) is 27.4. The van der Waals surface area contributed by atoms with Gasteiger partial charge in [0.1, 0.15) is 17.7 Å². The number of benzene rings is 2. The van der Waals surface area contributed by atoms with Gasteiger partial charge < -0.3 is 21.1 Å². The van der Waals surface area contributed by atoms with E-state index in [1.165, 1.54) is 12.4 Å². The topological polar surface area (TPSA) is 153 Å². The van der Waals surface area contributed by atoms with Crippen molar-refractivity contribution in [2.24, 2.45) is 0 Å². The lowest BCUT2D eigenvalue weighted by molar-refractivity contribution is -0.124. The van der Waals surface area contributed by atoms with Gasteiger partial charge in [0.15, 0.2) is 9.84 Å². The van der Waals surface area contributed by atoms with Gasteiger partial charge in [-0.3, -0.25) is 14.7 Å². The SMILES string of the molecule is CCCC(CCC)S(=O)(=O)C[C@H](NC(=O)c1cn[nH]c1)C(=O)N[C@@H](Cc1cc(F)cc(F)c1)[C@H](O)CNCc1cccc(CC)c1. The van der Waals surface area contributed by atoms with Crippen molar-refractivity contribution in [3.05, 3.63) is 88.7 Å². The summed E-state index contributed by atoms with van der Waals surface area (Å²) in [6.45, 7) is 6.21. The molecule has 0 saturated heterocycles. The molecular formula is C33H45F2N5O5S. The van der Waals surface area contributed by atoms with Crippen LogP contribution in [0.3, 0.4) is 0 Å². The second-order valence-corrected chi connectivity index (χ2v) is 13.8. The Morgan fingerprint density at radius 2 is 1.63 bits per heavy atom.